The van der Waals surface area contributed by atoms with Crippen molar-refractivity contribution in [2.45, 2.75) is 13.3 Å². The fourth-order valence-electron chi connectivity index (χ4n) is 1.20. The molecule has 0 aliphatic heterocycles. The minimum absolute atomic E-state index is 0.0575. The van der Waals surface area contributed by atoms with Crippen LogP contribution in [0.15, 0.2) is 12.1 Å². The zero-order valence-corrected chi connectivity index (χ0v) is 8.51. The molecule has 5 N–H and O–H groups in total. The van der Waals surface area contributed by atoms with Crippen LogP contribution in [0.3, 0.4) is 0 Å². The average molecular weight is 211 g/mol. The molecule has 4 nitrogen and oxygen atoms in total. The Hall–Kier alpha value is -1.78. The van der Waals surface area contributed by atoms with Crippen LogP contribution in [0.1, 0.15) is 23.7 Å². The van der Waals surface area contributed by atoms with Gasteiger partial charge in [-0.15, -0.1) is 0 Å². The van der Waals surface area contributed by atoms with Crippen LogP contribution in [0, 0.1) is 5.82 Å². The molecular formula is C10H14FN3O. The van der Waals surface area contributed by atoms with Crippen LogP contribution < -0.4 is 16.8 Å². The minimum atomic E-state index is -0.660. The average Bonchev–Trinajstić information content (AvgIpc) is 2.16. The van der Waals surface area contributed by atoms with Gasteiger partial charge in [-0.1, -0.05) is 6.92 Å². The smallest absolute Gasteiger partial charge is 0.250 e. The predicted octanol–water partition coefficient (Wildman–Crippen LogP) is 1.33. The van der Waals surface area contributed by atoms with E-state index < -0.39 is 11.7 Å². The third kappa shape index (κ3) is 2.59. The molecule has 0 aliphatic carbocycles. The van der Waals surface area contributed by atoms with Gasteiger partial charge >= 0.3 is 0 Å². The maximum Gasteiger partial charge on any atom is 0.250 e. The summed E-state index contributed by atoms with van der Waals surface area (Å²) in [5, 5.41) is 2.85. The Bertz CT molecular complexity index is 379. The number of hydrogen-bond acceptors (Lipinski definition) is 3. The van der Waals surface area contributed by atoms with Crippen molar-refractivity contribution < 1.29 is 9.18 Å². The summed E-state index contributed by atoms with van der Waals surface area (Å²) in [7, 11) is 0. The summed E-state index contributed by atoms with van der Waals surface area (Å²) >= 11 is 0. The van der Waals surface area contributed by atoms with Crippen molar-refractivity contribution in [1.29, 1.82) is 0 Å². The third-order valence-electron chi connectivity index (χ3n) is 1.97. The highest BCUT2D eigenvalue weighted by Crippen LogP contribution is 2.21. The topological polar surface area (TPSA) is 81.1 Å². The first-order valence-corrected chi connectivity index (χ1v) is 4.69. The first-order chi connectivity index (χ1) is 7.06. The van der Waals surface area contributed by atoms with Crippen molar-refractivity contribution >= 4 is 17.3 Å². The highest BCUT2D eigenvalue weighted by Gasteiger charge is 2.11. The molecule has 0 aromatic heterocycles. The highest BCUT2D eigenvalue weighted by molar-refractivity contribution is 5.99. The number of carbonyl (C=O) groups is 1. The summed E-state index contributed by atoms with van der Waals surface area (Å²) in [5.41, 5.74) is 11.0. The van der Waals surface area contributed by atoms with Crippen molar-refractivity contribution in [3.63, 3.8) is 0 Å². The highest BCUT2D eigenvalue weighted by atomic mass is 19.1. The number of amides is 1. The van der Waals surface area contributed by atoms with Gasteiger partial charge in [-0.2, -0.15) is 0 Å². The van der Waals surface area contributed by atoms with E-state index in [1.807, 2.05) is 6.92 Å². The van der Waals surface area contributed by atoms with Gasteiger partial charge < -0.3 is 16.8 Å². The summed E-state index contributed by atoms with van der Waals surface area (Å²) in [6.45, 7) is 2.58. The van der Waals surface area contributed by atoms with Gasteiger partial charge in [0.1, 0.15) is 5.82 Å². The minimum Gasteiger partial charge on any atom is -0.398 e. The third-order valence-corrected chi connectivity index (χ3v) is 1.97. The van der Waals surface area contributed by atoms with E-state index in [-0.39, 0.29) is 16.9 Å². The van der Waals surface area contributed by atoms with Gasteiger partial charge in [0, 0.05) is 12.2 Å². The van der Waals surface area contributed by atoms with E-state index in [1.165, 1.54) is 6.07 Å². The lowest BCUT2D eigenvalue weighted by Gasteiger charge is -2.09. The van der Waals surface area contributed by atoms with Crippen LogP contribution >= 0.6 is 0 Å². The first-order valence-electron chi connectivity index (χ1n) is 4.69. The molecular weight excluding hydrogens is 197 g/mol. The fourth-order valence-corrected chi connectivity index (χ4v) is 1.20. The van der Waals surface area contributed by atoms with Crippen molar-refractivity contribution in [2.75, 3.05) is 17.6 Å². The van der Waals surface area contributed by atoms with Crippen molar-refractivity contribution in [3.05, 3.63) is 23.5 Å². The quantitative estimate of drug-likeness (QED) is 0.657. The van der Waals surface area contributed by atoms with Gasteiger partial charge in [-0.05, 0) is 18.6 Å². The summed E-state index contributed by atoms with van der Waals surface area (Å²) in [6.07, 6.45) is 0.857. The van der Waals surface area contributed by atoms with Gasteiger partial charge in [-0.25, -0.2) is 4.39 Å². The molecule has 1 aromatic rings. The molecule has 0 spiro atoms. The van der Waals surface area contributed by atoms with Crippen molar-refractivity contribution in [3.8, 4) is 0 Å². The number of halogens is 1. The molecule has 5 heteroatoms. The molecule has 0 saturated carbocycles. The number of hydrogen-bond donors (Lipinski definition) is 3. The zero-order chi connectivity index (χ0) is 11.4. The van der Waals surface area contributed by atoms with Crippen LogP contribution in [0.25, 0.3) is 0 Å². The zero-order valence-electron chi connectivity index (χ0n) is 8.51. The lowest BCUT2D eigenvalue weighted by Crippen LogP contribution is -2.15. The van der Waals surface area contributed by atoms with Gasteiger partial charge in [0.15, 0.2) is 0 Å². The molecule has 0 saturated heterocycles. The Morgan fingerprint density at radius 1 is 1.53 bits per heavy atom. The molecule has 0 fully saturated rings. The monoisotopic (exact) mass is 211 g/mol. The van der Waals surface area contributed by atoms with Crippen LogP contribution in [0.4, 0.5) is 15.8 Å². The molecule has 0 bridgehead atoms. The lowest BCUT2D eigenvalue weighted by molar-refractivity contribution is 0.100. The van der Waals surface area contributed by atoms with Crippen LogP contribution in [-0.4, -0.2) is 12.5 Å². The van der Waals surface area contributed by atoms with Crippen LogP contribution in [0.5, 0.6) is 0 Å². The molecule has 0 aliphatic rings. The fraction of sp³-hybridized carbons (Fsp3) is 0.300. The Morgan fingerprint density at radius 2 is 2.20 bits per heavy atom. The molecule has 82 valence electrons. The molecule has 0 atom stereocenters. The van der Waals surface area contributed by atoms with E-state index in [1.54, 1.807) is 0 Å². The Kier molecular flexibility index (Phi) is 3.49. The summed E-state index contributed by atoms with van der Waals surface area (Å²) in [4.78, 5) is 11.0. The van der Waals surface area contributed by atoms with Gasteiger partial charge in [-0.3, -0.25) is 4.79 Å². The molecule has 1 rings (SSSR count). The van der Waals surface area contributed by atoms with E-state index >= 15 is 0 Å². The molecule has 1 aromatic carbocycles. The predicted molar refractivity (Wildman–Crippen MR) is 58.1 cm³/mol. The maximum absolute atomic E-state index is 13.3. The number of benzene rings is 1. The molecule has 0 radical (unpaired) electrons. The molecule has 0 unspecified atom stereocenters. The molecule has 15 heavy (non-hydrogen) atoms. The number of primary amides is 1. The largest absolute Gasteiger partial charge is 0.398 e. The molecule has 1 amide bonds. The second-order valence-corrected chi connectivity index (χ2v) is 3.21. The van der Waals surface area contributed by atoms with E-state index in [2.05, 4.69) is 5.32 Å². The van der Waals surface area contributed by atoms with Crippen LogP contribution in [0.2, 0.25) is 0 Å². The van der Waals surface area contributed by atoms with Gasteiger partial charge in [0.2, 0.25) is 0 Å². The van der Waals surface area contributed by atoms with E-state index in [4.69, 9.17) is 11.5 Å². The van der Waals surface area contributed by atoms with Crippen molar-refractivity contribution in [1.82, 2.24) is 0 Å². The Balaban J connectivity index is 3.06. The van der Waals surface area contributed by atoms with E-state index in [0.717, 1.165) is 12.5 Å². The Morgan fingerprint density at radius 3 is 2.73 bits per heavy atom. The van der Waals surface area contributed by atoms with Crippen molar-refractivity contribution in [2.24, 2.45) is 5.73 Å². The second kappa shape index (κ2) is 4.63. The number of carbonyl (C=O) groups excluding carboxylic acids is 1. The maximum atomic E-state index is 13.3. The number of rotatable bonds is 4. The van der Waals surface area contributed by atoms with Gasteiger partial charge in [0.05, 0.1) is 11.3 Å². The second-order valence-electron chi connectivity index (χ2n) is 3.21. The van der Waals surface area contributed by atoms with Gasteiger partial charge in [0.25, 0.3) is 5.91 Å². The number of anilines is 2. The Labute approximate surface area is 87.4 Å². The normalized spacial score (nSPS) is 10.0. The summed E-state index contributed by atoms with van der Waals surface area (Å²) < 4.78 is 13.3. The standard InChI is InChI=1S/C10H14FN3O/c1-2-3-14-9-4-6(10(13)15)8(12)5-7(9)11/h4-5,14H,2-3,12H2,1H3,(H2,13,15). The summed E-state index contributed by atoms with van der Waals surface area (Å²) in [6, 6.07) is 2.43. The number of nitrogens with two attached hydrogens (primary N) is 2. The first kappa shape index (κ1) is 11.3. The number of nitrogen functional groups attached to an aromatic ring is 1. The summed E-state index contributed by atoms with van der Waals surface area (Å²) in [5.74, 6) is -1.14. The lowest BCUT2D eigenvalue weighted by atomic mass is 10.1. The SMILES string of the molecule is CCCNc1cc(C(N)=O)c(N)cc1F. The van der Waals surface area contributed by atoms with E-state index in [0.29, 0.717) is 6.54 Å². The molecule has 0 heterocycles. The van der Waals surface area contributed by atoms with E-state index in [9.17, 15) is 9.18 Å². The number of nitrogens with one attached hydrogen (secondary N) is 1. The van der Waals surface area contributed by atoms with Crippen LogP contribution in [-0.2, 0) is 0 Å².